The molecule has 0 amide bonds. The number of rotatable bonds is 23. The topological polar surface area (TPSA) is 34.0 Å². The Bertz CT molecular complexity index is 798. The van der Waals surface area contributed by atoms with Crippen LogP contribution in [0.4, 0.5) is 11.4 Å². The first-order chi connectivity index (χ1) is 18.3. The van der Waals surface area contributed by atoms with E-state index in [1.807, 2.05) is 36.4 Å². The van der Waals surface area contributed by atoms with Gasteiger partial charge in [-0.15, -0.1) is 0 Å². The van der Waals surface area contributed by atoms with E-state index in [1.165, 1.54) is 115 Å². The van der Waals surface area contributed by atoms with Crippen LogP contribution in [0.25, 0.3) is 0 Å². The predicted octanol–water partition coefficient (Wildman–Crippen LogP) is 12.1. The summed E-state index contributed by atoms with van der Waals surface area (Å²) in [6, 6.07) is 16.3. The van der Waals surface area contributed by atoms with Crippen LogP contribution in [-0.2, 0) is 6.42 Å². The molecule has 0 atom stereocenters. The average molecular weight is 507 g/mol. The largest absolute Gasteiger partial charge is 0.494 e. The van der Waals surface area contributed by atoms with Crippen molar-refractivity contribution in [3.05, 3.63) is 54.1 Å². The summed E-state index contributed by atoms with van der Waals surface area (Å²) in [7, 11) is 0. The molecule has 0 bridgehead atoms. The van der Waals surface area contributed by atoms with Gasteiger partial charge in [-0.05, 0) is 61.2 Å². The fourth-order valence-electron chi connectivity index (χ4n) is 4.67. The molecule has 0 heterocycles. The number of hydrogen-bond donors (Lipinski definition) is 0. The number of hydrogen-bond acceptors (Lipinski definition) is 3. The van der Waals surface area contributed by atoms with Crippen molar-refractivity contribution < 1.29 is 4.74 Å². The Morgan fingerprint density at radius 1 is 0.459 bits per heavy atom. The molecule has 0 aliphatic carbocycles. The Morgan fingerprint density at radius 2 is 0.865 bits per heavy atom. The molecule has 206 valence electrons. The minimum atomic E-state index is 0.795. The molecular weight excluding hydrogens is 452 g/mol. The van der Waals surface area contributed by atoms with Gasteiger partial charge < -0.3 is 4.74 Å². The van der Waals surface area contributed by atoms with Gasteiger partial charge in [0.1, 0.15) is 5.75 Å². The van der Waals surface area contributed by atoms with Gasteiger partial charge in [-0.3, -0.25) is 0 Å². The third-order valence-electron chi connectivity index (χ3n) is 7.14. The highest BCUT2D eigenvalue weighted by Crippen LogP contribution is 2.22. The second-order valence-electron chi connectivity index (χ2n) is 10.6. The molecule has 0 saturated carbocycles. The summed E-state index contributed by atoms with van der Waals surface area (Å²) >= 11 is 0. The monoisotopic (exact) mass is 506 g/mol. The molecule has 0 spiro atoms. The van der Waals surface area contributed by atoms with Crippen molar-refractivity contribution in [1.82, 2.24) is 0 Å². The number of azo groups is 1. The second-order valence-corrected chi connectivity index (χ2v) is 10.6. The molecule has 0 radical (unpaired) electrons. The molecule has 0 aliphatic heterocycles. The maximum absolute atomic E-state index is 5.92. The molecular formula is C34H54N2O. The van der Waals surface area contributed by atoms with Crippen LogP contribution in [0.2, 0.25) is 0 Å². The Balaban J connectivity index is 1.42. The fraction of sp³-hybridized carbons (Fsp3) is 0.647. The van der Waals surface area contributed by atoms with E-state index in [-0.39, 0.29) is 0 Å². The quantitative estimate of drug-likeness (QED) is 0.109. The summed E-state index contributed by atoms with van der Waals surface area (Å²) in [6.07, 6.45) is 25.9. The molecule has 0 N–H and O–H groups in total. The average Bonchev–Trinajstić information content (AvgIpc) is 2.93. The van der Waals surface area contributed by atoms with Crippen molar-refractivity contribution >= 4 is 11.4 Å². The summed E-state index contributed by atoms with van der Waals surface area (Å²) in [4.78, 5) is 0. The number of ether oxygens (including phenoxy) is 1. The molecule has 0 aliphatic rings. The lowest BCUT2D eigenvalue weighted by Crippen LogP contribution is -1.96. The van der Waals surface area contributed by atoms with Crippen LogP contribution in [0.3, 0.4) is 0 Å². The van der Waals surface area contributed by atoms with Crippen LogP contribution in [-0.4, -0.2) is 6.61 Å². The van der Waals surface area contributed by atoms with E-state index in [1.54, 1.807) is 0 Å². The van der Waals surface area contributed by atoms with Gasteiger partial charge in [0.15, 0.2) is 0 Å². The zero-order valence-corrected chi connectivity index (χ0v) is 24.1. The molecule has 0 saturated heterocycles. The van der Waals surface area contributed by atoms with Crippen LogP contribution in [0.15, 0.2) is 58.8 Å². The van der Waals surface area contributed by atoms with E-state index in [2.05, 4.69) is 36.2 Å². The van der Waals surface area contributed by atoms with Gasteiger partial charge >= 0.3 is 0 Å². The van der Waals surface area contributed by atoms with E-state index >= 15 is 0 Å². The van der Waals surface area contributed by atoms with E-state index in [0.29, 0.717) is 0 Å². The van der Waals surface area contributed by atoms with Crippen molar-refractivity contribution in [2.24, 2.45) is 10.2 Å². The lowest BCUT2D eigenvalue weighted by atomic mass is 10.0. The van der Waals surface area contributed by atoms with Gasteiger partial charge in [0.25, 0.3) is 0 Å². The Labute approximate surface area is 228 Å². The highest BCUT2D eigenvalue weighted by Gasteiger charge is 1.98. The molecule has 3 heteroatoms. The van der Waals surface area contributed by atoms with E-state index in [4.69, 9.17) is 4.74 Å². The van der Waals surface area contributed by atoms with Gasteiger partial charge in [-0.2, -0.15) is 10.2 Å². The Kier molecular flexibility index (Phi) is 18.4. The van der Waals surface area contributed by atoms with E-state index < -0.39 is 0 Å². The fourth-order valence-corrected chi connectivity index (χ4v) is 4.67. The van der Waals surface area contributed by atoms with Gasteiger partial charge in [0.2, 0.25) is 0 Å². The maximum Gasteiger partial charge on any atom is 0.119 e. The molecule has 0 aromatic heterocycles. The zero-order valence-electron chi connectivity index (χ0n) is 24.1. The first-order valence-electron chi connectivity index (χ1n) is 15.6. The SMILES string of the molecule is CCCCCCCCCCCCCCCCCCOc1ccc(N=Nc2ccc(CCCC)cc2)cc1. The molecule has 0 fully saturated rings. The molecule has 37 heavy (non-hydrogen) atoms. The molecule has 2 aromatic rings. The van der Waals surface area contributed by atoms with E-state index in [0.717, 1.165) is 36.6 Å². The third kappa shape index (κ3) is 16.3. The summed E-state index contributed by atoms with van der Waals surface area (Å²) in [5, 5.41) is 8.72. The number of benzene rings is 2. The van der Waals surface area contributed by atoms with Gasteiger partial charge in [0, 0.05) is 0 Å². The first-order valence-corrected chi connectivity index (χ1v) is 15.6. The smallest absolute Gasteiger partial charge is 0.119 e. The standard InChI is InChI=1S/C34H54N2O/c1-3-5-7-8-9-10-11-12-13-14-15-16-17-18-19-20-30-37-34-28-26-33(27-29-34)36-35-32-24-22-31(23-25-32)21-6-4-2/h22-29H,3-21,30H2,1-2H3. The number of nitrogens with zero attached hydrogens (tertiary/aromatic N) is 2. The lowest BCUT2D eigenvalue weighted by molar-refractivity contribution is 0.304. The maximum atomic E-state index is 5.92. The van der Waals surface area contributed by atoms with Crippen LogP contribution >= 0.6 is 0 Å². The van der Waals surface area contributed by atoms with Crippen molar-refractivity contribution in [2.75, 3.05) is 6.61 Å². The van der Waals surface area contributed by atoms with Gasteiger partial charge in [-0.25, -0.2) is 0 Å². The van der Waals surface area contributed by atoms with Crippen LogP contribution in [0.1, 0.15) is 135 Å². The second kappa shape index (κ2) is 21.9. The van der Waals surface area contributed by atoms with E-state index in [9.17, 15) is 0 Å². The van der Waals surface area contributed by atoms with Gasteiger partial charge in [0.05, 0.1) is 18.0 Å². The van der Waals surface area contributed by atoms with Crippen molar-refractivity contribution in [3.63, 3.8) is 0 Å². The van der Waals surface area contributed by atoms with Crippen molar-refractivity contribution in [1.29, 1.82) is 0 Å². The molecule has 0 unspecified atom stereocenters. The van der Waals surface area contributed by atoms with Crippen LogP contribution in [0, 0.1) is 0 Å². The lowest BCUT2D eigenvalue weighted by Gasteiger charge is -2.06. The summed E-state index contributed by atoms with van der Waals surface area (Å²) in [6.45, 7) is 5.31. The minimum Gasteiger partial charge on any atom is -0.494 e. The molecule has 2 aromatic carbocycles. The molecule has 2 rings (SSSR count). The highest BCUT2D eigenvalue weighted by atomic mass is 16.5. The van der Waals surface area contributed by atoms with Crippen molar-refractivity contribution in [2.45, 2.75) is 136 Å². The van der Waals surface area contributed by atoms with Gasteiger partial charge in [-0.1, -0.05) is 129 Å². The summed E-state index contributed by atoms with van der Waals surface area (Å²) in [5.74, 6) is 0.917. The zero-order chi connectivity index (χ0) is 26.2. The summed E-state index contributed by atoms with van der Waals surface area (Å²) < 4.78 is 5.92. The summed E-state index contributed by atoms with van der Waals surface area (Å²) in [5.41, 5.74) is 3.11. The molecule has 3 nitrogen and oxygen atoms in total. The normalized spacial score (nSPS) is 11.4. The van der Waals surface area contributed by atoms with Crippen molar-refractivity contribution in [3.8, 4) is 5.75 Å². The minimum absolute atomic E-state index is 0.795. The highest BCUT2D eigenvalue weighted by molar-refractivity contribution is 5.43. The Hall–Kier alpha value is -2.16. The number of aryl methyl sites for hydroxylation is 1. The van der Waals surface area contributed by atoms with Crippen LogP contribution < -0.4 is 4.74 Å². The third-order valence-corrected chi connectivity index (χ3v) is 7.14. The Morgan fingerprint density at radius 3 is 1.32 bits per heavy atom. The van der Waals surface area contributed by atoms with Crippen LogP contribution in [0.5, 0.6) is 5.75 Å². The predicted molar refractivity (Wildman–Crippen MR) is 161 cm³/mol. The number of unbranched alkanes of at least 4 members (excludes halogenated alkanes) is 16. The first kappa shape index (κ1) is 31.1.